The second-order valence-corrected chi connectivity index (χ2v) is 3.57. The van der Waals surface area contributed by atoms with Crippen molar-refractivity contribution in [2.75, 3.05) is 5.84 Å². The van der Waals surface area contributed by atoms with Crippen molar-refractivity contribution in [2.45, 2.75) is 26.2 Å². The molecule has 0 spiro atoms. The number of imidazole rings is 1. The summed E-state index contributed by atoms with van der Waals surface area (Å²) in [5.74, 6) is 6.20. The molecule has 1 aliphatic rings. The number of fused-ring (bicyclic) bond motifs is 1. The number of H-pyrrole nitrogens is 1. The summed E-state index contributed by atoms with van der Waals surface area (Å²) >= 11 is 0. The summed E-state index contributed by atoms with van der Waals surface area (Å²) in [4.78, 5) is 13.9. The summed E-state index contributed by atoms with van der Waals surface area (Å²) in [6, 6.07) is 0. The van der Waals surface area contributed by atoms with Crippen LogP contribution in [0.15, 0.2) is 4.79 Å². The average Bonchev–Trinajstić information content (AvgIpc) is 2.31. The first-order chi connectivity index (χ1) is 5.68. The Morgan fingerprint density at radius 1 is 1.67 bits per heavy atom. The number of rotatable bonds is 0. The molecule has 3 N–H and O–H groups in total. The van der Waals surface area contributed by atoms with Crippen molar-refractivity contribution in [3.8, 4) is 0 Å². The summed E-state index contributed by atoms with van der Waals surface area (Å²) in [6.07, 6.45) is 3.02. The zero-order valence-corrected chi connectivity index (χ0v) is 7.13. The lowest BCUT2D eigenvalue weighted by molar-refractivity contribution is 0.484. The number of nitrogens with zero attached hydrogens (tertiary/aromatic N) is 1. The Balaban J connectivity index is 2.51. The van der Waals surface area contributed by atoms with E-state index in [4.69, 9.17) is 5.84 Å². The van der Waals surface area contributed by atoms with Gasteiger partial charge in [0, 0.05) is 5.69 Å². The number of aromatic amines is 1. The van der Waals surface area contributed by atoms with Gasteiger partial charge >= 0.3 is 5.69 Å². The second-order valence-electron chi connectivity index (χ2n) is 3.57. The molecular weight excluding hydrogens is 154 g/mol. The molecule has 0 saturated heterocycles. The van der Waals surface area contributed by atoms with Gasteiger partial charge in [-0.2, -0.15) is 0 Å². The minimum Gasteiger partial charge on any atom is -0.335 e. The Morgan fingerprint density at radius 3 is 3.17 bits per heavy atom. The number of nitrogens with two attached hydrogens (primary N) is 1. The second kappa shape index (κ2) is 2.40. The van der Waals surface area contributed by atoms with Crippen LogP contribution >= 0.6 is 0 Å². The highest BCUT2D eigenvalue weighted by Crippen LogP contribution is 2.21. The number of nitrogens with one attached hydrogen (secondary N) is 1. The van der Waals surface area contributed by atoms with Crippen LogP contribution in [0.2, 0.25) is 0 Å². The first-order valence-corrected chi connectivity index (χ1v) is 4.26. The first kappa shape index (κ1) is 7.46. The van der Waals surface area contributed by atoms with Crippen LogP contribution in [0.3, 0.4) is 0 Å². The van der Waals surface area contributed by atoms with E-state index >= 15 is 0 Å². The quantitative estimate of drug-likeness (QED) is 0.535. The Labute approximate surface area is 70.4 Å². The van der Waals surface area contributed by atoms with Gasteiger partial charge in [-0.1, -0.05) is 6.92 Å². The molecule has 1 aromatic heterocycles. The number of hydrogen-bond acceptors (Lipinski definition) is 2. The van der Waals surface area contributed by atoms with Crippen molar-refractivity contribution in [3.05, 3.63) is 21.9 Å². The number of aromatic nitrogens is 2. The molecule has 0 aromatic carbocycles. The lowest BCUT2D eigenvalue weighted by atomic mass is 9.91. The van der Waals surface area contributed by atoms with Gasteiger partial charge in [0.25, 0.3) is 0 Å². The van der Waals surface area contributed by atoms with Crippen LogP contribution in [0.25, 0.3) is 0 Å². The SMILES string of the molecule is CC1CCc2[nH]c(=O)n(N)c2C1. The van der Waals surface area contributed by atoms with Gasteiger partial charge in [-0.3, -0.25) is 0 Å². The van der Waals surface area contributed by atoms with Crippen LogP contribution in [0.1, 0.15) is 24.7 Å². The van der Waals surface area contributed by atoms with Crippen LogP contribution < -0.4 is 11.5 Å². The lowest BCUT2D eigenvalue weighted by Crippen LogP contribution is -2.27. The normalized spacial score (nSPS) is 22.2. The molecule has 1 aliphatic carbocycles. The maximum atomic E-state index is 11.1. The highest BCUT2D eigenvalue weighted by atomic mass is 16.1. The minimum absolute atomic E-state index is 0.186. The van der Waals surface area contributed by atoms with Crippen LogP contribution in [0.5, 0.6) is 0 Å². The van der Waals surface area contributed by atoms with Crippen molar-refractivity contribution < 1.29 is 0 Å². The Morgan fingerprint density at radius 2 is 2.42 bits per heavy atom. The van der Waals surface area contributed by atoms with E-state index in [1.165, 1.54) is 4.68 Å². The number of hydrogen-bond donors (Lipinski definition) is 2. The molecule has 4 heteroatoms. The average molecular weight is 167 g/mol. The molecule has 0 radical (unpaired) electrons. The summed E-state index contributed by atoms with van der Waals surface area (Å²) in [5, 5.41) is 0. The van der Waals surface area contributed by atoms with Crippen molar-refractivity contribution in [2.24, 2.45) is 5.92 Å². The van der Waals surface area contributed by atoms with Gasteiger partial charge in [-0.05, 0) is 25.2 Å². The molecule has 1 atom stereocenters. The molecule has 1 heterocycles. The van der Waals surface area contributed by atoms with Gasteiger partial charge < -0.3 is 10.8 Å². The fourth-order valence-electron chi connectivity index (χ4n) is 1.78. The molecule has 0 saturated carbocycles. The fraction of sp³-hybridized carbons (Fsp3) is 0.625. The fourth-order valence-corrected chi connectivity index (χ4v) is 1.78. The van der Waals surface area contributed by atoms with E-state index in [9.17, 15) is 4.79 Å². The molecule has 0 bridgehead atoms. The highest BCUT2D eigenvalue weighted by molar-refractivity contribution is 5.17. The molecular formula is C8H13N3O. The van der Waals surface area contributed by atoms with Crippen molar-refractivity contribution in [1.82, 2.24) is 9.66 Å². The Hall–Kier alpha value is -1.19. The zero-order valence-electron chi connectivity index (χ0n) is 7.13. The molecule has 0 aliphatic heterocycles. The third-order valence-electron chi connectivity index (χ3n) is 2.54. The summed E-state index contributed by atoms with van der Waals surface area (Å²) < 4.78 is 1.24. The van der Waals surface area contributed by atoms with E-state index in [1.54, 1.807) is 0 Å². The van der Waals surface area contributed by atoms with Crippen LogP contribution in [-0.2, 0) is 12.8 Å². The van der Waals surface area contributed by atoms with E-state index in [2.05, 4.69) is 11.9 Å². The number of aryl methyl sites for hydroxylation is 1. The van der Waals surface area contributed by atoms with E-state index in [0.29, 0.717) is 5.92 Å². The largest absolute Gasteiger partial charge is 0.344 e. The molecule has 0 amide bonds. The maximum Gasteiger partial charge on any atom is 0.344 e. The maximum absolute atomic E-state index is 11.1. The molecule has 0 fully saturated rings. The smallest absolute Gasteiger partial charge is 0.335 e. The predicted molar refractivity (Wildman–Crippen MR) is 46.4 cm³/mol. The Kier molecular flexibility index (Phi) is 1.49. The van der Waals surface area contributed by atoms with E-state index < -0.39 is 0 Å². The van der Waals surface area contributed by atoms with Crippen molar-refractivity contribution in [1.29, 1.82) is 0 Å². The predicted octanol–water partition coefficient (Wildman–Crippen LogP) is 0.0150. The van der Waals surface area contributed by atoms with Crippen LogP contribution in [-0.4, -0.2) is 9.66 Å². The van der Waals surface area contributed by atoms with Gasteiger partial charge in [-0.15, -0.1) is 0 Å². The molecule has 2 rings (SSSR count). The highest BCUT2D eigenvalue weighted by Gasteiger charge is 2.20. The van der Waals surface area contributed by atoms with Crippen molar-refractivity contribution >= 4 is 0 Å². The summed E-state index contributed by atoms with van der Waals surface area (Å²) in [6.45, 7) is 2.18. The van der Waals surface area contributed by atoms with Crippen LogP contribution in [0, 0.1) is 5.92 Å². The molecule has 4 nitrogen and oxygen atoms in total. The Bertz CT molecular complexity index is 350. The van der Waals surface area contributed by atoms with Gasteiger partial charge in [0.05, 0.1) is 5.69 Å². The van der Waals surface area contributed by atoms with E-state index in [1.807, 2.05) is 0 Å². The lowest BCUT2D eigenvalue weighted by Gasteiger charge is -2.17. The third-order valence-corrected chi connectivity index (χ3v) is 2.54. The van der Waals surface area contributed by atoms with Gasteiger partial charge in [0.2, 0.25) is 0 Å². The zero-order chi connectivity index (χ0) is 8.72. The summed E-state index contributed by atoms with van der Waals surface area (Å²) in [5.41, 5.74) is 1.83. The van der Waals surface area contributed by atoms with E-state index in [-0.39, 0.29) is 5.69 Å². The molecule has 1 aromatic rings. The monoisotopic (exact) mass is 167 g/mol. The van der Waals surface area contributed by atoms with Crippen LogP contribution in [0.4, 0.5) is 0 Å². The van der Waals surface area contributed by atoms with E-state index in [0.717, 1.165) is 30.7 Å². The number of nitrogen functional groups attached to an aromatic ring is 1. The standard InChI is InChI=1S/C8H13N3O/c1-5-2-3-6-7(4-5)11(9)8(12)10-6/h5H,2-4,9H2,1H3,(H,10,12). The first-order valence-electron chi connectivity index (χ1n) is 4.26. The van der Waals surface area contributed by atoms with Gasteiger partial charge in [-0.25, -0.2) is 9.47 Å². The van der Waals surface area contributed by atoms with Gasteiger partial charge in [0.15, 0.2) is 0 Å². The van der Waals surface area contributed by atoms with Crippen molar-refractivity contribution in [3.63, 3.8) is 0 Å². The topological polar surface area (TPSA) is 63.8 Å². The molecule has 1 unspecified atom stereocenters. The van der Waals surface area contributed by atoms with Gasteiger partial charge in [0.1, 0.15) is 0 Å². The third kappa shape index (κ3) is 0.948. The minimum atomic E-state index is -0.186. The molecule has 12 heavy (non-hydrogen) atoms. The molecule has 66 valence electrons. The summed E-state index contributed by atoms with van der Waals surface area (Å²) in [7, 11) is 0.